The molecule has 15 heavy (non-hydrogen) atoms. The molecule has 3 N–H and O–H groups in total. The molecule has 0 aliphatic carbocycles. The van der Waals surface area contributed by atoms with Gasteiger partial charge in [-0.3, -0.25) is 4.79 Å². The number of nitrogens with two attached hydrogens (primary N) is 1. The molecule has 0 aromatic heterocycles. The van der Waals surface area contributed by atoms with Gasteiger partial charge in [0.05, 0.1) is 0 Å². The van der Waals surface area contributed by atoms with Crippen molar-refractivity contribution in [3.63, 3.8) is 0 Å². The van der Waals surface area contributed by atoms with E-state index >= 15 is 0 Å². The molecule has 1 aromatic carbocycles. The van der Waals surface area contributed by atoms with E-state index in [0.29, 0.717) is 30.5 Å². The van der Waals surface area contributed by atoms with E-state index in [0.717, 1.165) is 0 Å². The van der Waals surface area contributed by atoms with Crippen molar-refractivity contribution in [3.05, 3.63) is 35.1 Å². The summed E-state index contributed by atoms with van der Waals surface area (Å²) in [4.78, 5) is 11.6. The zero-order valence-corrected chi connectivity index (χ0v) is 8.29. The Balaban J connectivity index is 2.33. The zero-order valence-electron chi connectivity index (χ0n) is 8.29. The first-order valence-corrected chi connectivity index (χ1v) is 5.00. The van der Waals surface area contributed by atoms with E-state index in [1.807, 2.05) is 0 Å². The van der Waals surface area contributed by atoms with Crippen molar-refractivity contribution < 1.29 is 9.18 Å². The summed E-state index contributed by atoms with van der Waals surface area (Å²) in [5, 5.41) is 2.82. The van der Waals surface area contributed by atoms with Crippen LogP contribution in [0, 0.1) is 5.82 Å². The maximum atomic E-state index is 13.4. The largest absolute Gasteiger partial charge is 0.349 e. The molecule has 2 rings (SSSR count). The second kappa shape index (κ2) is 3.98. The molecular formula is C11H13FN2O. The third-order valence-corrected chi connectivity index (χ3v) is 2.66. The monoisotopic (exact) mass is 208 g/mol. The van der Waals surface area contributed by atoms with Gasteiger partial charge < -0.3 is 11.1 Å². The van der Waals surface area contributed by atoms with Crippen molar-refractivity contribution >= 4 is 5.91 Å². The minimum atomic E-state index is -0.302. The van der Waals surface area contributed by atoms with Crippen molar-refractivity contribution in [2.24, 2.45) is 5.73 Å². The number of amides is 1. The molecule has 0 spiro atoms. The number of halogens is 1. The van der Waals surface area contributed by atoms with E-state index in [2.05, 4.69) is 5.32 Å². The molecule has 80 valence electrons. The van der Waals surface area contributed by atoms with E-state index in [1.54, 1.807) is 12.1 Å². The molecule has 3 nitrogen and oxygen atoms in total. The van der Waals surface area contributed by atoms with Crippen LogP contribution in [0.15, 0.2) is 18.2 Å². The summed E-state index contributed by atoms with van der Waals surface area (Å²) in [5.41, 5.74) is 6.38. The third kappa shape index (κ3) is 1.85. The predicted molar refractivity (Wildman–Crippen MR) is 55.0 cm³/mol. The average molecular weight is 208 g/mol. The van der Waals surface area contributed by atoms with Gasteiger partial charge >= 0.3 is 0 Å². The quantitative estimate of drug-likeness (QED) is 0.756. The summed E-state index contributed by atoms with van der Waals surface area (Å²) < 4.78 is 13.4. The Morgan fingerprint density at radius 2 is 2.33 bits per heavy atom. The molecular weight excluding hydrogens is 195 g/mol. The van der Waals surface area contributed by atoms with Crippen LogP contribution in [0.1, 0.15) is 22.3 Å². The number of nitrogens with one attached hydrogen (secondary N) is 1. The number of rotatable bonds is 2. The first-order valence-electron chi connectivity index (χ1n) is 5.00. The molecule has 1 aliphatic heterocycles. The maximum absolute atomic E-state index is 13.4. The minimum absolute atomic E-state index is 0.0353. The van der Waals surface area contributed by atoms with Gasteiger partial charge in [0.1, 0.15) is 5.82 Å². The molecule has 1 aliphatic rings. The Morgan fingerprint density at radius 3 is 3.07 bits per heavy atom. The van der Waals surface area contributed by atoms with Gasteiger partial charge in [-0.25, -0.2) is 4.39 Å². The highest BCUT2D eigenvalue weighted by Gasteiger charge is 2.25. The van der Waals surface area contributed by atoms with Gasteiger partial charge in [0.15, 0.2) is 0 Å². The highest BCUT2D eigenvalue weighted by Crippen LogP contribution is 2.20. The molecule has 0 saturated carbocycles. The lowest BCUT2D eigenvalue weighted by Crippen LogP contribution is -2.42. The molecule has 0 fully saturated rings. The molecule has 0 bridgehead atoms. The van der Waals surface area contributed by atoms with Crippen LogP contribution in [-0.4, -0.2) is 18.5 Å². The van der Waals surface area contributed by atoms with Crippen LogP contribution >= 0.6 is 0 Å². The first-order chi connectivity index (χ1) is 7.22. The molecule has 0 radical (unpaired) electrons. The topological polar surface area (TPSA) is 55.1 Å². The zero-order chi connectivity index (χ0) is 10.8. The third-order valence-electron chi connectivity index (χ3n) is 2.66. The van der Waals surface area contributed by atoms with Crippen LogP contribution in [0.5, 0.6) is 0 Å². The molecule has 1 heterocycles. The van der Waals surface area contributed by atoms with Crippen LogP contribution in [0.3, 0.4) is 0 Å². The number of hydrogen-bond donors (Lipinski definition) is 2. The number of carbonyl (C=O) groups is 1. The lowest BCUT2D eigenvalue weighted by molar-refractivity contribution is 0.0922. The summed E-state index contributed by atoms with van der Waals surface area (Å²) in [6.07, 6.45) is 1.21. The van der Waals surface area contributed by atoms with Gasteiger partial charge in [-0.2, -0.15) is 0 Å². The van der Waals surface area contributed by atoms with Crippen molar-refractivity contribution in [1.82, 2.24) is 5.32 Å². The Hall–Kier alpha value is -1.42. The van der Waals surface area contributed by atoms with Crippen molar-refractivity contribution in [1.29, 1.82) is 0 Å². The molecule has 4 heteroatoms. The first kappa shape index (κ1) is 10.1. The van der Waals surface area contributed by atoms with E-state index in [9.17, 15) is 9.18 Å². The summed E-state index contributed by atoms with van der Waals surface area (Å²) in [6.45, 7) is 0.495. The number of hydrogen-bond acceptors (Lipinski definition) is 2. The summed E-state index contributed by atoms with van der Waals surface area (Å²) in [5.74, 6) is -0.501. The average Bonchev–Trinajstić information content (AvgIpc) is 2.20. The Kier molecular flexibility index (Phi) is 2.68. The minimum Gasteiger partial charge on any atom is -0.349 e. The second-order valence-corrected chi connectivity index (χ2v) is 3.72. The van der Waals surface area contributed by atoms with E-state index in [-0.39, 0.29) is 17.8 Å². The highest BCUT2D eigenvalue weighted by molar-refractivity contribution is 5.97. The Bertz CT molecular complexity index is 392. The molecule has 1 aromatic rings. The molecule has 1 amide bonds. The number of benzene rings is 1. The Labute approximate surface area is 87.5 Å². The molecule has 1 unspecified atom stereocenters. The SMILES string of the molecule is NCCC1Cc2c(F)cccc2C(=O)N1. The fourth-order valence-corrected chi connectivity index (χ4v) is 1.91. The van der Waals surface area contributed by atoms with Gasteiger partial charge in [-0.15, -0.1) is 0 Å². The van der Waals surface area contributed by atoms with Gasteiger partial charge in [0, 0.05) is 17.2 Å². The standard InChI is InChI=1S/C11H13FN2O/c12-10-3-1-2-8-9(10)6-7(4-5-13)14-11(8)15/h1-3,7H,4-6,13H2,(H,14,15). The highest BCUT2D eigenvalue weighted by atomic mass is 19.1. The van der Waals surface area contributed by atoms with Crippen molar-refractivity contribution in [3.8, 4) is 0 Å². The smallest absolute Gasteiger partial charge is 0.251 e. The van der Waals surface area contributed by atoms with Crippen LogP contribution < -0.4 is 11.1 Å². The van der Waals surface area contributed by atoms with E-state index in [1.165, 1.54) is 6.07 Å². The lowest BCUT2D eigenvalue weighted by Gasteiger charge is -2.25. The fourth-order valence-electron chi connectivity index (χ4n) is 1.91. The summed E-state index contributed by atoms with van der Waals surface area (Å²) >= 11 is 0. The maximum Gasteiger partial charge on any atom is 0.251 e. The van der Waals surface area contributed by atoms with Gasteiger partial charge in [-0.05, 0) is 31.5 Å². The molecule has 0 saturated heterocycles. The normalized spacial score (nSPS) is 19.6. The fraction of sp³-hybridized carbons (Fsp3) is 0.364. The van der Waals surface area contributed by atoms with E-state index < -0.39 is 0 Å². The van der Waals surface area contributed by atoms with Crippen LogP contribution in [0.2, 0.25) is 0 Å². The van der Waals surface area contributed by atoms with Crippen molar-refractivity contribution in [2.75, 3.05) is 6.54 Å². The van der Waals surface area contributed by atoms with Gasteiger partial charge in [0.25, 0.3) is 5.91 Å². The predicted octanol–water partition coefficient (Wildman–Crippen LogP) is 0.829. The summed E-state index contributed by atoms with van der Waals surface area (Å²) in [7, 11) is 0. The number of carbonyl (C=O) groups excluding carboxylic acids is 1. The Morgan fingerprint density at radius 1 is 1.53 bits per heavy atom. The second-order valence-electron chi connectivity index (χ2n) is 3.72. The number of fused-ring (bicyclic) bond motifs is 1. The van der Waals surface area contributed by atoms with Gasteiger partial charge in [-0.1, -0.05) is 6.07 Å². The molecule has 1 atom stereocenters. The van der Waals surface area contributed by atoms with Gasteiger partial charge in [0.2, 0.25) is 0 Å². The van der Waals surface area contributed by atoms with Crippen molar-refractivity contribution in [2.45, 2.75) is 18.9 Å². The van der Waals surface area contributed by atoms with E-state index in [4.69, 9.17) is 5.73 Å². The lowest BCUT2D eigenvalue weighted by atomic mass is 9.93. The van der Waals surface area contributed by atoms with Crippen LogP contribution in [-0.2, 0) is 6.42 Å². The van der Waals surface area contributed by atoms with Crippen LogP contribution in [0.4, 0.5) is 4.39 Å². The van der Waals surface area contributed by atoms with Crippen LogP contribution in [0.25, 0.3) is 0 Å². The summed E-state index contributed by atoms with van der Waals surface area (Å²) in [6, 6.07) is 4.55.